The van der Waals surface area contributed by atoms with E-state index in [1.807, 2.05) is 24.3 Å². The van der Waals surface area contributed by atoms with E-state index in [-0.39, 0.29) is 11.4 Å². The largest absolute Gasteiger partial charge is 0.496 e. The molecule has 2 fully saturated rings. The summed E-state index contributed by atoms with van der Waals surface area (Å²) >= 11 is 0. The number of likely N-dealkylation sites (tertiary alicyclic amines) is 1. The predicted molar refractivity (Wildman–Crippen MR) is 90.9 cm³/mol. The van der Waals surface area contributed by atoms with Gasteiger partial charge in [-0.1, -0.05) is 12.5 Å². The number of H-pyrrole nitrogens is 1. The van der Waals surface area contributed by atoms with E-state index in [1.54, 1.807) is 7.11 Å². The smallest absolute Gasteiger partial charge is 0.270 e. The highest BCUT2D eigenvalue weighted by atomic mass is 16.5. The Morgan fingerprint density at radius 3 is 2.70 bits per heavy atom. The minimum Gasteiger partial charge on any atom is -0.496 e. The van der Waals surface area contributed by atoms with Crippen LogP contribution in [0.4, 0.5) is 0 Å². The summed E-state index contributed by atoms with van der Waals surface area (Å²) in [7, 11) is 1.66. The minimum atomic E-state index is -0.0706. The van der Waals surface area contributed by atoms with Crippen molar-refractivity contribution in [3.05, 3.63) is 30.0 Å². The Labute approximate surface area is 136 Å². The zero-order valence-electron chi connectivity index (χ0n) is 14.1. The Kier molecular flexibility index (Phi) is 3.03. The van der Waals surface area contributed by atoms with Crippen LogP contribution in [0.3, 0.4) is 0 Å². The van der Waals surface area contributed by atoms with Crippen molar-refractivity contribution in [2.45, 2.75) is 45.1 Å². The van der Waals surface area contributed by atoms with Crippen molar-refractivity contribution in [2.24, 2.45) is 5.41 Å². The van der Waals surface area contributed by atoms with Crippen LogP contribution in [0.25, 0.3) is 10.9 Å². The van der Waals surface area contributed by atoms with Gasteiger partial charge < -0.3 is 14.6 Å². The molecule has 2 heterocycles. The van der Waals surface area contributed by atoms with Gasteiger partial charge in [0, 0.05) is 23.0 Å². The van der Waals surface area contributed by atoms with Gasteiger partial charge in [0.1, 0.15) is 11.4 Å². The zero-order valence-corrected chi connectivity index (χ0v) is 14.1. The molecule has 1 aliphatic heterocycles. The number of benzene rings is 1. The number of hydrogen-bond donors (Lipinski definition) is 1. The van der Waals surface area contributed by atoms with E-state index in [0.717, 1.165) is 29.6 Å². The van der Waals surface area contributed by atoms with Crippen molar-refractivity contribution in [3.8, 4) is 5.75 Å². The summed E-state index contributed by atoms with van der Waals surface area (Å²) in [5, 5.41) is 0.966. The maximum absolute atomic E-state index is 13.1. The van der Waals surface area contributed by atoms with Crippen LogP contribution in [0.15, 0.2) is 24.3 Å². The lowest BCUT2D eigenvalue weighted by atomic mass is 9.66. The number of carbonyl (C=O) groups is 1. The molecule has 1 spiro atoms. The van der Waals surface area contributed by atoms with Crippen molar-refractivity contribution in [2.75, 3.05) is 13.7 Å². The summed E-state index contributed by atoms with van der Waals surface area (Å²) in [6.07, 6.45) is 4.96. The third-order valence-electron chi connectivity index (χ3n) is 5.77. The Balaban J connectivity index is 1.69. The molecule has 122 valence electrons. The van der Waals surface area contributed by atoms with Gasteiger partial charge in [0.25, 0.3) is 5.91 Å². The highest BCUT2D eigenvalue weighted by Gasteiger charge is 2.52. The van der Waals surface area contributed by atoms with E-state index in [9.17, 15) is 4.79 Å². The van der Waals surface area contributed by atoms with Crippen LogP contribution < -0.4 is 4.74 Å². The Morgan fingerprint density at radius 1 is 1.30 bits per heavy atom. The predicted octanol–water partition coefficient (Wildman–Crippen LogP) is 3.97. The SMILES string of the molecule is COc1cccc2[nH]c(C(=O)N3CC4(CCC4)CC3(C)C)cc12. The molecule has 1 aliphatic carbocycles. The average molecular weight is 312 g/mol. The van der Waals surface area contributed by atoms with Gasteiger partial charge in [-0.25, -0.2) is 0 Å². The number of aromatic amines is 1. The normalized spacial score (nSPS) is 21.6. The molecular weight excluding hydrogens is 288 g/mol. The molecule has 1 amide bonds. The van der Waals surface area contributed by atoms with Crippen LogP contribution in [0.1, 0.15) is 50.0 Å². The highest BCUT2D eigenvalue weighted by Crippen LogP contribution is 2.54. The first-order valence-electron chi connectivity index (χ1n) is 8.42. The molecule has 0 unspecified atom stereocenters. The van der Waals surface area contributed by atoms with E-state index >= 15 is 0 Å². The molecule has 2 aromatic rings. The number of nitrogens with one attached hydrogen (secondary N) is 1. The summed E-state index contributed by atoms with van der Waals surface area (Å²) in [5.74, 6) is 0.908. The molecular formula is C19H24N2O2. The van der Waals surface area contributed by atoms with E-state index in [1.165, 1.54) is 19.3 Å². The summed E-state index contributed by atoms with van der Waals surface area (Å²) in [4.78, 5) is 18.5. The van der Waals surface area contributed by atoms with Crippen LogP contribution >= 0.6 is 0 Å². The monoisotopic (exact) mass is 312 g/mol. The fraction of sp³-hybridized carbons (Fsp3) is 0.526. The van der Waals surface area contributed by atoms with Gasteiger partial charge in [-0.15, -0.1) is 0 Å². The van der Waals surface area contributed by atoms with Crippen molar-refractivity contribution in [1.29, 1.82) is 0 Å². The topological polar surface area (TPSA) is 45.3 Å². The lowest BCUT2D eigenvalue weighted by molar-refractivity contribution is 0.0623. The molecule has 1 saturated carbocycles. The molecule has 0 radical (unpaired) electrons. The molecule has 4 rings (SSSR count). The van der Waals surface area contributed by atoms with E-state index < -0.39 is 0 Å². The maximum Gasteiger partial charge on any atom is 0.270 e. The van der Waals surface area contributed by atoms with E-state index in [0.29, 0.717) is 11.1 Å². The van der Waals surface area contributed by atoms with Gasteiger partial charge in [-0.3, -0.25) is 4.79 Å². The Morgan fingerprint density at radius 2 is 2.09 bits per heavy atom. The molecule has 23 heavy (non-hydrogen) atoms. The van der Waals surface area contributed by atoms with Crippen LogP contribution in [-0.2, 0) is 0 Å². The molecule has 2 aliphatic rings. The first kappa shape index (κ1) is 14.6. The maximum atomic E-state index is 13.1. The van der Waals surface area contributed by atoms with Gasteiger partial charge >= 0.3 is 0 Å². The van der Waals surface area contributed by atoms with Gasteiger partial charge in [0.15, 0.2) is 0 Å². The summed E-state index contributed by atoms with van der Waals surface area (Å²) in [6, 6.07) is 7.78. The van der Waals surface area contributed by atoms with Crippen molar-refractivity contribution < 1.29 is 9.53 Å². The molecule has 1 N–H and O–H groups in total. The molecule has 1 aromatic carbocycles. The number of methoxy groups -OCH3 is 1. The van der Waals surface area contributed by atoms with Crippen molar-refractivity contribution in [1.82, 2.24) is 9.88 Å². The molecule has 0 bridgehead atoms. The first-order valence-corrected chi connectivity index (χ1v) is 8.42. The number of nitrogens with zero attached hydrogens (tertiary/aromatic N) is 1. The lowest BCUT2D eigenvalue weighted by Gasteiger charge is -2.38. The minimum absolute atomic E-state index is 0.0706. The lowest BCUT2D eigenvalue weighted by Crippen LogP contribution is -2.43. The number of hydrogen-bond acceptors (Lipinski definition) is 2. The van der Waals surface area contributed by atoms with Crippen molar-refractivity contribution >= 4 is 16.8 Å². The van der Waals surface area contributed by atoms with Gasteiger partial charge in [0.05, 0.1) is 7.11 Å². The summed E-state index contributed by atoms with van der Waals surface area (Å²) in [6.45, 7) is 5.29. The third kappa shape index (κ3) is 2.15. The van der Waals surface area contributed by atoms with Gasteiger partial charge in [-0.2, -0.15) is 0 Å². The standard InChI is InChI=1S/C19H24N2O2/c1-18(2)11-19(8-5-9-19)12-21(18)17(22)15-10-13-14(20-15)6-4-7-16(13)23-3/h4,6-7,10,20H,5,8-9,11-12H2,1-3H3. The van der Waals surface area contributed by atoms with Crippen LogP contribution in [0, 0.1) is 5.41 Å². The first-order chi connectivity index (χ1) is 10.9. The Bertz CT molecular complexity index is 771. The second-order valence-corrected chi connectivity index (χ2v) is 7.84. The molecule has 1 aromatic heterocycles. The summed E-state index contributed by atoms with van der Waals surface area (Å²) < 4.78 is 5.40. The average Bonchev–Trinajstić information content (AvgIpc) is 3.04. The number of carbonyl (C=O) groups excluding carboxylic acids is 1. The van der Waals surface area contributed by atoms with Gasteiger partial charge in [-0.05, 0) is 56.7 Å². The van der Waals surface area contributed by atoms with Crippen LogP contribution in [0.5, 0.6) is 5.75 Å². The number of rotatable bonds is 2. The number of fused-ring (bicyclic) bond motifs is 1. The Hall–Kier alpha value is -1.97. The zero-order chi connectivity index (χ0) is 16.2. The number of amides is 1. The second-order valence-electron chi connectivity index (χ2n) is 7.84. The summed E-state index contributed by atoms with van der Waals surface area (Å²) in [5.41, 5.74) is 1.92. The third-order valence-corrected chi connectivity index (χ3v) is 5.77. The van der Waals surface area contributed by atoms with Crippen molar-refractivity contribution in [3.63, 3.8) is 0 Å². The fourth-order valence-electron chi connectivity index (χ4n) is 4.54. The van der Waals surface area contributed by atoms with E-state index in [2.05, 4.69) is 23.7 Å². The highest BCUT2D eigenvalue weighted by molar-refractivity contribution is 6.00. The second kappa shape index (κ2) is 4.76. The molecule has 4 heteroatoms. The molecule has 0 atom stereocenters. The van der Waals surface area contributed by atoms with Crippen LogP contribution in [0.2, 0.25) is 0 Å². The van der Waals surface area contributed by atoms with E-state index in [4.69, 9.17) is 4.74 Å². The number of ether oxygens (including phenoxy) is 1. The van der Waals surface area contributed by atoms with Crippen LogP contribution in [-0.4, -0.2) is 35.0 Å². The molecule has 4 nitrogen and oxygen atoms in total. The quantitative estimate of drug-likeness (QED) is 0.912. The molecule has 1 saturated heterocycles. The fourth-order valence-corrected chi connectivity index (χ4v) is 4.54. The number of aromatic nitrogens is 1. The van der Waals surface area contributed by atoms with Gasteiger partial charge in [0.2, 0.25) is 0 Å².